The summed E-state index contributed by atoms with van der Waals surface area (Å²) < 4.78 is 50.9. The molecule has 4 atom stereocenters. The smallest absolute Gasteiger partial charge is 0.319 e. The average molecular weight is 678 g/mol. The van der Waals surface area contributed by atoms with Crippen LogP contribution in [0.15, 0.2) is 12.1 Å². The first-order chi connectivity index (χ1) is 22.7. The van der Waals surface area contributed by atoms with E-state index in [4.69, 9.17) is 36.5 Å². The van der Waals surface area contributed by atoms with Gasteiger partial charge in [0.2, 0.25) is 0 Å². The van der Waals surface area contributed by atoms with E-state index >= 15 is 4.39 Å². The molecule has 6 heterocycles. The standard InChI is InChI=1S/C33H30ClF2N7O3S/c1-16-9-33(6-2-8-42(33)11-16)15-46-32-40-27-24-28(45-14-17-13-44-18(5-7-37)12-43(17)31(24)41-32)25(34)23(26(27)36)19-3-4-21(35)29-22(19)20(10-38)30(39)47-29/h3-4,16-18H,2,5-6,8-9,11-15,39H2,1H3/t16-,17?,18?,33+/m1/s1. The van der Waals surface area contributed by atoms with E-state index in [0.717, 1.165) is 43.7 Å². The largest absolute Gasteiger partial charge is 0.489 e. The summed E-state index contributed by atoms with van der Waals surface area (Å²) in [6.45, 7) is 5.32. The molecule has 14 heteroatoms. The predicted molar refractivity (Wildman–Crippen MR) is 174 cm³/mol. The Morgan fingerprint density at radius 3 is 2.87 bits per heavy atom. The number of benzene rings is 2. The maximum Gasteiger partial charge on any atom is 0.319 e. The third kappa shape index (κ3) is 4.66. The minimum absolute atomic E-state index is 0.0112. The van der Waals surface area contributed by atoms with Crippen LogP contribution in [0.25, 0.3) is 32.1 Å². The first-order valence-electron chi connectivity index (χ1n) is 15.6. The van der Waals surface area contributed by atoms with Gasteiger partial charge in [-0.3, -0.25) is 4.90 Å². The summed E-state index contributed by atoms with van der Waals surface area (Å²) >= 11 is 7.95. The minimum Gasteiger partial charge on any atom is -0.489 e. The molecule has 3 fully saturated rings. The second-order valence-corrected chi connectivity index (χ2v) is 14.4. The summed E-state index contributed by atoms with van der Waals surface area (Å²) in [4.78, 5) is 13.9. The quantitative estimate of drug-likeness (QED) is 0.267. The van der Waals surface area contributed by atoms with Crippen LogP contribution in [-0.2, 0) is 4.74 Å². The molecule has 2 aromatic heterocycles. The molecule has 242 valence electrons. The molecule has 0 amide bonds. The molecule has 4 aliphatic heterocycles. The highest BCUT2D eigenvalue weighted by Crippen LogP contribution is 2.51. The van der Waals surface area contributed by atoms with E-state index in [-0.39, 0.29) is 90.7 Å². The molecule has 0 aliphatic carbocycles. The molecule has 47 heavy (non-hydrogen) atoms. The Kier molecular flexibility index (Phi) is 7.30. The van der Waals surface area contributed by atoms with Crippen LogP contribution >= 0.6 is 22.9 Å². The van der Waals surface area contributed by atoms with Gasteiger partial charge < -0.3 is 24.8 Å². The number of morpholine rings is 1. The van der Waals surface area contributed by atoms with Crippen molar-refractivity contribution in [2.24, 2.45) is 5.92 Å². The molecule has 0 spiro atoms. The lowest BCUT2D eigenvalue weighted by Gasteiger charge is -2.38. The number of hydrogen-bond donors (Lipinski definition) is 1. The Balaban J connectivity index is 1.34. The van der Waals surface area contributed by atoms with Crippen molar-refractivity contribution in [3.63, 3.8) is 0 Å². The lowest BCUT2D eigenvalue weighted by molar-refractivity contribution is 0.0133. The normalized spacial score (nSPS) is 25.2. The minimum atomic E-state index is -0.789. The van der Waals surface area contributed by atoms with E-state index in [1.54, 1.807) is 0 Å². The first-order valence-corrected chi connectivity index (χ1v) is 16.8. The fourth-order valence-electron chi connectivity index (χ4n) is 7.97. The highest BCUT2D eigenvalue weighted by molar-refractivity contribution is 7.23. The molecule has 4 aliphatic rings. The van der Waals surface area contributed by atoms with E-state index in [1.807, 2.05) is 11.0 Å². The third-order valence-corrected chi connectivity index (χ3v) is 11.4. The Morgan fingerprint density at radius 2 is 2.06 bits per heavy atom. The third-order valence-electron chi connectivity index (χ3n) is 9.99. The molecule has 3 saturated heterocycles. The topological polar surface area (TPSA) is 134 Å². The van der Waals surface area contributed by atoms with E-state index < -0.39 is 17.7 Å². The van der Waals surface area contributed by atoms with Crippen LogP contribution in [0.1, 0.15) is 38.2 Å². The van der Waals surface area contributed by atoms with Gasteiger partial charge in [-0.2, -0.15) is 20.5 Å². The summed E-state index contributed by atoms with van der Waals surface area (Å²) in [6, 6.07) is 6.50. The second kappa shape index (κ2) is 11.3. The van der Waals surface area contributed by atoms with Gasteiger partial charge >= 0.3 is 6.01 Å². The van der Waals surface area contributed by atoms with Crippen molar-refractivity contribution >= 4 is 54.7 Å². The van der Waals surface area contributed by atoms with Crippen molar-refractivity contribution in [1.29, 1.82) is 10.5 Å². The van der Waals surface area contributed by atoms with Crippen LogP contribution < -0.4 is 20.1 Å². The zero-order valence-electron chi connectivity index (χ0n) is 25.5. The monoisotopic (exact) mass is 677 g/mol. The first kappa shape index (κ1) is 30.3. The number of nitrogen functional groups attached to an aromatic ring is 1. The Bertz CT molecular complexity index is 2050. The zero-order valence-corrected chi connectivity index (χ0v) is 27.1. The number of hydrogen-bond acceptors (Lipinski definition) is 11. The van der Waals surface area contributed by atoms with Gasteiger partial charge in [0, 0.05) is 24.0 Å². The number of nitriles is 2. The number of anilines is 2. The summed E-state index contributed by atoms with van der Waals surface area (Å²) in [5.74, 6) is -0.299. The van der Waals surface area contributed by atoms with Gasteiger partial charge in [0.1, 0.15) is 41.4 Å². The molecular weight excluding hydrogens is 648 g/mol. The van der Waals surface area contributed by atoms with Crippen LogP contribution in [0.3, 0.4) is 0 Å². The van der Waals surface area contributed by atoms with E-state index in [1.165, 1.54) is 12.1 Å². The summed E-state index contributed by atoms with van der Waals surface area (Å²) in [6.07, 6.45) is 2.85. The maximum absolute atomic E-state index is 17.2. The molecule has 0 saturated carbocycles. The molecule has 0 radical (unpaired) electrons. The highest BCUT2D eigenvalue weighted by atomic mass is 35.5. The van der Waals surface area contributed by atoms with Crippen LogP contribution in [0, 0.1) is 40.2 Å². The number of nitrogens with two attached hydrogens (primary N) is 1. The summed E-state index contributed by atoms with van der Waals surface area (Å²) in [5.41, 5.74) is 6.03. The SMILES string of the molecule is C[C@H]1CN2CCC[C@@]2(COc2nc3c4c(c(Cl)c(-c5ccc(F)c6sc(N)c(C#N)c56)c(F)c4n2)OCC2COC(CC#N)CN32)C1. The zero-order chi connectivity index (χ0) is 32.6. The van der Waals surface area contributed by atoms with Gasteiger partial charge in [0.05, 0.1) is 57.5 Å². The van der Waals surface area contributed by atoms with Crippen LogP contribution in [0.2, 0.25) is 5.02 Å². The molecule has 2 unspecified atom stereocenters. The number of fused-ring (bicyclic) bond motifs is 4. The van der Waals surface area contributed by atoms with Crippen LogP contribution in [0.4, 0.5) is 19.6 Å². The fourth-order valence-corrected chi connectivity index (χ4v) is 9.25. The lowest BCUT2D eigenvalue weighted by atomic mass is 9.92. The summed E-state index contributed by atoms with van der Waals surface area (Å²) in [5, 5.41) is 19.8. The van der Waals surface area contributed by atoms with Gasteiger partial charge in [0.25, 0.3) is 0 Å². The molecule has 2 aromatic carbocycles. The van der Waals surface area contributed by atoms with Crippen molar-refractivity contribution in [1.82, 2.24) is 14.9 Å². The Hall–Kier alpha value is -4.01. The number of thiophene rings is 1. The van der Waals surface area contributed by atoms with E-state index in [2.05, 4.69) is 22.9 Å². The number of nitrogens with zero attached hydrogens (tertiary/aromatic N) is 6. The maximum atomic E-state index is 17.2. The van der Waals surface area contributed by atoms with Crippen molar-refractivity contribution in [2.45, 2.75) is 50.3 Å². The van der Waals surface area contributed by atoms with Crippen molar-refractivity contribution < 1.29 is 23.0 Å². The Morgan fingerprint density at radius 1 is 1.21 bits per heavy atom. The van der Waals surface area contributed by atoms with Gasteiger partial charge in [-0.1, -0.05) is 24.6 Å². The van der Waals surface area contributed by atoms with Crippen molar-refractivity contribution in [3.05, 3.63) is 34.4 Å². The lowest BCUT2D eigenvalue weighted by Crippen LogP contribution is -2.52. The average Bonchev–Trinajstić information content (AvgIpc) is 3.66. The fraction of sp³-hybridized carbons (Fsp3) is 0.455. The summed E-state index contributed by atoms with van der Waals surface area (Å²) in [7, 11) is 0. The van der Waals surface area contributed by atoms with Gasteiger partial charge in [-0.05, 0) is 43.4 Å². The van der Waals surface area contributed by atoms with Crippen molar-refractivity contribution in [2.75, 3.05) is 50.1 Å². The van der Waals surface area contributed by atoms with Gasteiger partial charge in [-0.15, -0.1) is 11.3 Å². The number of halogens is 3. The number of aromatic nitrogens is 2. The molecule has 8 rings (SSSR count). The molecule has 4 aromatic rings. The molecule has 10 nitrogen and oxygen atoms in total. The van der Waals surface area contributed by atoms with Crippen molar-refractivity contribution in [3.8, 4) is 35.0 Å². The van der Waals surface area contributed by atoms with Crippen LogP contribution in [0.5, 0.6) is 11.8 Å². The number of rotatable bonds is 5. The Labute approximate surface area is 278 Å². The van der Waals surface area contributed by atoms with E-state index in [0.29, 0.717) is 24.9 Å². The van der Waals surface area contributed by atoms with E-state index in [9.17, 15) is 14.9 Å². The van der Waals surface area contributed by atoms with Crippen LogP contribution in [-0.4, -0.2) is 72.0 Å². The molecular formula is C33H30ClF2N7O3S. The molecule has 0 bridgehead atoms. The number of ether oxygens (including phenoxy) is 3. The molecule has 2 N–H and O–H groups in total. The highest BCUT2D eigenvalue weighted by Gasteiger charge is 2.48. The predicted octanol–water partition coefficient (Wildman–Crippen LogP) is 6.03. The van der Waals surface area contributed by atoms with Gasteiger partial charge in [-0.25, -0.2) is 8.78 Å². The second-order valence-electron chi connectivity index (χ2n) is 12.9. The van der Waals surface area contributed by atoms with Gasteiger partial charge in [0.15, 0.2) is 11.6 Å².